The van der Waals surface area contributed by atoms with Crippen LogP contribution in [0.3, 0.4) is 0 Å². The third-order valence-electron chi connectivity index (χ3n) is 3.99. The van der Waals surface area contributed by atoms with Crippen molar-refractivity contribution in [3.05, 3.63) is 89.5 Å². The van der Waals surface area contributed by atoms with Gasteiger partial charge in [0.2, 0.25) is 0 Å². The molecule has 1 N–H and O–H groups in total. The molecule has 0 heterocycles. The summed E-state index contributed by atoms with van der Waals surface area (Å²) in [5.74, 6) is 0.317. The van der Waals surface area contributed by atoms with Gasteiger partial charge in [-0.15, -0.1) is 0 Å². The number of rotatable bonds is 6. The van der Waals surface area contributed by atoms with Gasteiger partial charge in [-0.1, -0.05) is 30.3 Å². The summed E-state index contributed by atoms with van der Waals surface area (Å²) in [6, 6.07) is 21.2. The Morgan fingerprint density at radius 1 is 0.893 bits per heavy atom. The van der Waals surface area contributed by atoms with Gasteiger partial charge in [0.1, 0.15) is 5.75 Å². The number of hydrogen-bond acceptors (Lipinski definition) is 4. The number of benzene rings is 3. The third kappa shape index (κ3) is 4.76. The Labute approximate surface area is 163 Å². The molecule has 0 saturated carbocycles. The van der Waals surface area contributed by atoms with E-state index in [1.54, 1.807) is 49.4 Å². The number of carbonyl (C=O) groups is 2. The van der Waals surface area contributed by atoms with Gasteiger partial charge >= 0.3 is 5.97 Å². The van der Waals surface area contributed by atoms with Crippen molar-refractivity contribution in [3.63, 3.8) is 0 Å². The predicted octanol–water partition coefficient (Wildman–Crippen LogP) is 5.22. The molecule has 0 aliphatic heterocycles. The minimum Gasteiger partial charge on any atom is -0.462 e. The van der Waals surface area contributed by atoms with Crippen molar-refractivity contribution in [2.45, 2.75) is 13.8 Å². The quantitative estimate of drug-likeness (QED) is 0.600. The summed E-state index contributed by atoms with van der Waals surface area (Å²) >= 11 is 0. The van der Waals surface area contributed by atoms with E-state index in [2.05, 4.69) is 5.32 Å². The molecular formula is C23H21NO4. The van der Waals surface area contributed by atoms with E-state index in [1.165, 1.54) is 0 Å². The highest BCUT2D eigenvalue weighted by molar-refractivity contribution is 6.05. The Hall–Kier alpha value is -3.60. The minimum atomic E-state index is -0.459. The maximum atomic E-state index is 12.6. The van der Waals surface area contributed by atoms with Crippen LogP contribution in [0.4, 0.5) is 5.69 Å². The van der Waals surface area contributed by atoms with Crippen molar-refractivity contribution >= 4 is 17.6 Å². The molecule has 0 aromatic heterocycles. The summed E-state index contributed by atoms with van der Waals surface area (Å²) < 4.78 is 11.0. The largest absolute Gasteiger partial charge is 0.462 e. The van der Waals surface area contributed by atoms with E-state index in [0.717, 1.165) is 5.56 Å². The lowest BCUT2D eigenvalue weighted by molar-refractivity contribution is 0.0526. The summed E-state index contributed by atoms with van der Waals surface area (Å²) in [6.07, 6.45) is 0. The number of nitrogens with one attached hydrogen (secondary N) is 1. The van der Waals surface area contributed by atoms with Crippen LogP contribution in [0.5, 0.6) is 11.5 Å². The summed E-state index contributed by atoms with van der Waals surface area (Å²) in [6.45, 7) is 3.98. The molecule has 0 fully saturated rings. The van der Waals surface area contributed by atoms with Crippen molar-refractivity contribution in [2.75, 3.05) is 11.9 Å². The summed E-state index contributed by atoms with van der Waals surface area (Å²) in [4.78, 5) is 24.7. The number of hydrogen-bond donors (Lipinski definition) is 1. The van der Waals surface area contributed by atoms with Crippen LogP contribution in [0.25, 0.3) is 0 Å². The van der Waals surface area contributed by atoms with Crippen molar-refractivity contribution in [1.29, 1.82) is 0 Å². The second-order valence-corrected chi connectivity index (χ2v) is 6.17. The molecule has 142 valence electrons. The van der Waals surface area contributed by atoms with Gasteiger partial charge in [-0.2, -0.15) is 0 Å². The molecule has 3 aromatic carbocycles. The number of ether oxygens (including phenoxy) is 2. The zero-order valence-electron chi connectivity index (χ0n) is 15.8. The van der Waals surface area contributed by atoms with E-state index in [0.29, 0.717) is 28.3 Å². The second-order valence-electron chi connectivity index (χ2n) is 6.17. The maximum Gasteiger partial charge on any atom is 0.338 e. The zero-order valence-corrected chi connectivity index (χ0v) is 15.8. The molecule has 0 spiro atoms. The first-order valence-electron chi connectivity index (χ1n) is 8.99. The Morgan fingerprint density at radius 2 is 1.68 bits per heavy atom. The Bertz CT molecular complexity index is 983. The number of esters is 1. The maximum absolute atomic E-state index is 12.6. The van der Waals surface area contributed by atoms with Gasteiger partial charge in [-0.3, -0.25) is 4.79 Å². The first kappa shape index (κ1) is 19.2. The first-order chi connectivity index (χ1) is 13.6. The molecular weight excluding hydrogens is 354 g/mol. The smallest absolute Gasteiger partial charge is 0.338 e. The van der Waals surface area contributed by atoms with Crippen LogP contribution < -0.4 is 10.1 Å². The fourth-order valence-electron chi connectivity index (χ4n) is 2.65. The molecule has 0 aliphatic carbocycles. The van der Waals surface area contributed by atoms with E-state index in [4.69, 9.17) is 9.47 Å². The van der Waals surface area contributed by atoms with Crippen LogP contribution in [0.15, 0.2) is 72.8 Å². The van der Waals surface area contributed by atoms with Crippen LogP contribution in [-0.4, -0.2) is 18.5 Å². The normalized spacial score (nSPS) is 10.2. The fraction of sp³-hybridized carbons (Fsp3) is 0.130. The van der Waals surface area contributed by atoms with Crippen molar-refractivity contribution in [1.82, 2.24) is 0 Å². The molecule has 1 amide bonds. The van der Waals surface area contributed by atoms with Gasteiger partial charge in [0, 0.05) is 5.56 Å². The SMILES string of the molecule is CCOC(=O)c1ccc(Oc2cccc(C)c2)c(NC(=O)c2ccccc2)c1. The molecule has 28 heavy (non-hydrogen) atoms. The van der Waals surface area contributed by atoms with E-state index in [1.807, 2.05) is 37.3 Å². The van der Waals surface area contributed by atoms with Gasteiger partial charge in [0.25, 0.3) is 5.91 Å². The molecule has 0 unspecified atom stereocenters. The number of amides is 1. The molecule has 0 saturated heterocycles. The van der Waals surface area contributed by atoms with Gasteiger partial charge in [-0.25, -0.2) is 4.79 Å². The molecule has 3 rings (SSSR count). The van der Waals surface area contributed by atoms with E-state index >= 15 is 0 Å². The highest BCUT2D eigenvalue weighted by Crippen LogP contribution is 2.31. The molecule has 0 atom stereocenters. The summed E-state index contributed by atoms with van der Waals surface area (Å²) in [7, 11) is 0. The van der Waals surface area contributed by atoms with Crippen LogP contribution in [0, 0.1) is 6.92 Å². The average Bonchev–Trinajstić information content (AvgIpc) is 2.70. The first-order valence-corrected chi connectivity index (χ1v) is 8.99. The van der Waals surface area contributed by atoms with Crippen molar-refractivity contribution in [3.8, 4) is 11.5 Å². The third-order valence-corrected chi connectivity index (χ3v) is 3.99. The van der Waals surface area contributed by atoms with Gasteiger partial charge < -0.3 is 14.8 Å². The monoisotopic (exact) mass is 375 g/mol. The highest BCUT2D eigenvalue weighted by Gasteiger charge is 2.15. The molecule has 5 heteroatoms. The van der Waals surface area contributed by atoms with Crippen LogP contribution >= 0.6 is 0 Å². The van der Waals surface area contributed by atoms with Gasteiger partial charge in [-0.05, 0) is 61.9 Å². The Morgan fingerprint density at radius 3 is 2.39 bits per heavy atom. The fourth-order valence-corrected chi connectivity index (χ4v) is 2.65. The van der Waals surface area contributed by atoms with Crippen molar-refractivity contribution < 1.29 is 19.1 Å². The minimum absolute atomic E-state index is 0.270. The van der Waals surface area contributed by atoms with Crippen LogP contribution in [-0.2, 0) is 4.74 Å². The molecule has 3 aromatic rings. The average molecular weight is 375 g/mol. The lowest BCUT2D eigenvalue weighted by Gasteiger charge is -2.14. The van der Waals surface area contributed by atoms with Gasteiger partial charge in [0.05, 0.1) is 17.9 Å². The standard InChI is InChI=1S/C23H21NO4/c1-3-27-23(26)18-12-13-21(28-19-11-7-8-16(2)14-19)20(15-18)24-22(25)17-9-5-4-6-10-17/h4-15H,3H2,1-2H3,(H,24,25). The van der Waals surface area contributed by atoms with E-state index in [9.17, 15) is 9.59 Å². The topological polar surface area (TPSA) is 64.6 Å². The number of aryl methyl sites for hydroxylation is 1. The van der Waals surface area contributed by atoms with Gasteiger partial charge in [0.15, 0.2) is 5.75 Å². The Balaban J connectivity index is 1.93. The highest BCUT2D eigenvalue weighted by atomic mass is 16.5. The van der Waals surface area contributed by atoms with E-state index < -0.39 is 5.97 Å². The Kier molecular flexibility index (Phi) is 6.07. The number of carbonyl (C=O) groups excluding carboxylic acids is 2. The molecule has 0 aliphatic rings. The lowest BCUT2D eigenvalue weighted by Crippen LogP contribution is -2.13. The number of anilines is 1. The predicted molar refractivity (Wildman–Crippen MR) is 108 cm³/mol. The summed E-state index contributed by atoms with van der Waals surface area (Å²) in [5, 5.41) is 2.83. The van der Waals surface area contributed by atoms with Crippen LogP contribution in [0.1, 0.15) is 33.2 Å². The molecule has 0 bridgehead atoms. The van der Waals surface area contributed by atoms with E-state index in [-0.39, 0.29) is 12.5 Å². The second kappa shape index (κ2) is 8.86. The van der Waals surface area contributed by atoms with Crippen molar-refractivity contribution in [2.24, 2.45) is 0 Å². The summed E-state index contributed by atoms with van der Waals surface area (Å²) in [5.41, 5.74) is 2.28. The van der Waals surface area contributed by atoms with Crippen LogP contribution in [0.2, 0.25) is 0 Å². The lowest BCUT2D eigenvalue weighted by atomic mass is 10.1. The zero-order chi connectivity index (χ0) is 19.9. The molecule has 0 radical (unpaired) electrons. The molecule has 5 nitrogen and oxygen atoms in total.